The molecule has 1 heterocycles. The molecule has 1 aliphatic heterocycles. The van der Waals surface area contributed by atoms with Crippen LogP contribution in [0.4, 0.5) is 0 Å². The number of likely N-dealkylation sites (tertiary alicyclic amines) is 1. The fourth-order valence-corrected chi connectivity index (χ4v) is 2.26. The molecule has 16 heavy (non-hydrogen) atoms. The highest BCUT2D eigenvalue weighted by Gasteiger charge is 2.23. The summed E-state index contributed by atoms with van der Waals surface area (Å²) in [4.78, 5) is 4.96. The molecule has 0 aliphatic carbocycles. The van der Waals surface area contributed by atoms with Gasteiger partial charge in [-0.1, -0.05) is 13.8 Å². The number of piperidine rings is 1. The van der Waals surface area contributed by atoms with Crippen molar-refractivity contribution >= 4 is 0 Å². The predicted octanol–water partition coefficient (Wildman–Crippen LogP) is 1.39. The van der Waals surface area contributed by atoms with Gasteiger partial charge in [-0.2, -0.15) is 0 Å². The van der Waals surface area contributed by atoms with Crippen LogP contribution in [0.15, 0.2) is 0 Å². The van der Waals surface area contributed by atoms with Gasteiger partial charge in [-0.05, 0) is 58.4 Å². The van der Waals surface area contributed by atoms with Gasteiger partial charge in [0.15, 0.2) is 0 Å². The van der Waals surface area contributed by atoms with Crippen molar-refractivity contribution in [2.24, 2.45) is 11.1 Å². The third-order valence-corrected chi connectivity index (χ3v) is 3.92. The van der Waals surface area contributed by atoms with E-state index in [1.165, 1.54) is 38.9 Å². The number of likely N-dealkylation sites (N-methyl/N-ethyl adjacent to an activating group) is 2. The molecule has 3 nitrogen and oxygen atoms in total. The molecule has 3 heteroatoms. The molecule has 1 saturated heterocycles. The van der Waals surface area contributed by atoms with E-state index in [1.54, 1.807) is 0 Å². The zero-order valence-electron chi connectivity index (χ0n) is 11.5. The fourth-order valence-electron chi connectivity index (χ4n) is 2.26. The highest BCUT2D eigenvalue weighted by molar-refractivity contribution is 4.79. The maximum absolute atomic E-state index is 5.77. The van der Waals surface area contributed by atoms with E-state index < -0.39 is 0 Å². The minimum absolute atomic E-state index is 0.287. The first kappa shape index (κ1) is 13.9. The van der Waals surface area contributed by atoms with Gasteiger partial charge in [0.2, 0.25) is 0 Å². The van der Waals surface area contributed by atoms with Gasteiger partial charge in [-0.15, -0.1) is 0 Å². The van der Waals surface area contributed by atoms with Crippen LogP contribution >= 0.6 is 0 Å². The van der Waals surface area contributed by atoms with Crippen molar-refractivity contribution < 1.29 is 0 Å². The highest BCUT2D eigenvalue weighted by atomic mass is 15.2. The van der Waals surface area contributed by atoms with Crippen molar-refractivity contribution in [1.82, 2.24) is 9.80 Å². The van der Waals surface area contributed by atoms with Crippen LogP contribution in [-0.2, 0) is 0 Å². The quantitative estimate of drug-likeness (QED) is 0.770. The van der Waals surface area contributed by atoms with E-state index in [2.05, 4.69) is 37.7 Å². The Balaban J connectivity index is 2.31. The molecule has 0 aromatic heterocycles. The molecule has 0 bridgehead atoms. The van der Waals surface area contributed by atoms with Crippen molar-refractivity contribution in [3.63, 3.8) is 0 Å². The molecule has 0 saturated carbocycles. The van der Waals surface area contributed by atoms with Crippen LogP contribution in [0.2, 0.25) is 0 Å². The molecule has 0 spiro atoms. The van der Waals surface area contributed by atoms with Gasteiger partial charge in [0.05, 0.1) is 0 Å². The second-order valence-corrected chi connectivity index (χ2v) is 6.16. The number of hydrogen-bond acceptors (Lipinski definition) is 3. The van der Waals surface area contributed by atoms with E-state index >= 15 is 0 Å². The summed E-state index contributed by atoms with van der Waals surface area (Å²) in [5.41, 5.74) is 6.05. The van der Waals surface area contributed by atoms with Gasteiger partial charge in [0.1, 0.15) is 0 Å². The first-order valence-corrected chi connectivity index (χ1v) is 6.53. The number of rotatable bonds is 5. The van der Waals surface area contributed by atoms with Crippen molar-refractivity contribution in [3.05, 3.63) is 0 Å². The van der Waals surface area contributed by atoms with E-state index in [4.69, 9.17) is 5.73 Å². The minimum Gasteiger partial charge on any atom is -0.330 e. The molecule has 0 aromatic rings. The summed E-state index contributed by atoms with van der Waals surface area (Å²) < 4.78 is 0. The normalized spacial score (nSPS) is 24.0. The van der Waals surface area contributed by atoms with Crippen LogP contribution in [0.5, 0.6) is 0 Å². The first-order valence-electron chi connectivity index (χ1n) is 6.53. The smallest absolute Gasteiger partial charge is 0.0220 e. The van der Waals surface area contributed by atoms with Crippen LogP contribution in [0.1, 0.15) is 33.1 Å². The second-order valence-electron chi connectivity index (χ2n) is 6.16. The number of hydrogen-bond donors (Lipinski definition) is 1. The monoisotopic (exact) mass is 227 g/mol. The zero-order valence-corrected chi connectivity index (χ0v) is 11.5. The van der Waals surface area contributed by atoms with Crippen LogP contribution in [-0.4, -0.2) is 56.1 Å². The summed E-state index contributed by atoms with van der Waals surface area (Å²) in [6, 6.07) is 0.743. The largest absolute Gasteiger partial charge is 0.330 e. The van der Waals surface area contributed by atoms with Crippen LogP contribution in [0.25, 0.3) is 0 Å². The zero-order chi connectivity index (χ0) is 12.2. The molecule has 1 unspecified atom stereocenters. The highest BCUT2D eigenvalue weighted by Crippen LogP contribution is 2.20. The van der Waals surface area contributed by atoms with Gasteiger partial charge in [0.25, 0.3) is 0 Å². The molecule has 0 radical (unpaired) electrons. The molecule has 1 rings (SSSR count). The average molecular weight is 227 g/mol. The van der Waals surface area contributed by atoms with E-state index in [1.807, 2.05) is 0 Å². The Morgan fingerprint density at radius 3 is 2.69 bits per heavy atom. The summed E-state index contributed by atoms with van der Waals surface area (Å²) in [5.74, 6) is 0. The first-order chi connectivity index (χ1) is 7.44. The Bertz CT molecular complexity index is 203. The summed E-state index contributed by atoms with van der Waals surface area (Å²) >= 11 is 0. The van der Waals surface area contributed by atoms with Crippen LogP contribution in [0, 0.1) is 5.41 Å². The summed E-state index contributed by atoms with van der Waals surface area (Å²) in [6.07, 6.45) is 3.88. The predicted molar refractivity (Wildman–Crippen MR) is 70.6 cm³/mol. The molecule has 96 valence electrons. The summed E-state index contributed by atoms with van der Waals surface area (Å²) in [7, 11) is 4.49. The van der Waals surface area contributed by atoms with Crippen molar-refractivity contribution in [3.8, 4) is 0 Å². The Morgan fingerprint density at radius 1 is 1.44 bits per heavy atom. The van der Waals surface area contributed by atoms with Crippen molar-refractivity contribution in [2.75, 3.05) is 40.3 Å². The second kappa shape index (κ2) is 5.99. The number of nitrogens with zero attached hydrogens (tertiary/aromatic N) is 2. The lowest BCUT2D eigenvalue weighted by molar-refractivity contribution is 0.122. The summed E-state index contributed by atoms with van der Waals surface area (Å²) in [5, 5.41) is 0. The molecule has 2 N–H and O–H groups in total. The molecule has 1 fully saturated rings. The van der Waals surface area contributed by atoms with Crippen LogP contribution < -0.4 is 5.73 Å². The minimum atomic E-state index is 0.287. The van der Waals surface area contributed by atoms with E-state index in [0.29, 0.717) is 0 Å². The Hall–Kier alpha value is -0.120. The van der Waals surface area contributed by atoms with Crippen LogP contribution in [0.3, 0.4) is 0 Å². The third-order valence-electron chi connectivity index (χ3n) is 3.92. The maximum Gasteiger partial charge on any atom is 0.0220 e. The molecule has 0 aromatic carbocycles. The Labute approximate surface area is 101 Å². The number of nitrogens with two attached hydrogens (primary N) is 1. The Kier molecular flexibility index (Phi) is 5.22. The molecule has 1 atom stereocenters. The fraction of sp³-hybridized carbons (Fsp3) is 1.00. The van der Waals surface area contributed by atoms with Gasteiger partial charge < -0.3 is 15.5 Å². The summed E-state index contributed by atoms with van der Waals surface area (Å²) in [6.45, 7) is 8.95. The molecular formula is C13H29N3. The lowest BCUT2D eigenvalue weighted by Gasteiger charge is -2.37. The maximum atomic E-state index is 5.77. The van der Waals surface area contributed by atoms with E-state index in [-0.39, 0.29) is 5.41 Å². The lowest BCUT2D eigenvalue weighted by Crippen LogP contribution is -2.46. The SMILES string of the molecule is CN1CCCC(N(C)CCC(C)(C)CN)C1. The van der Waals surface area contributed by atoms with E-state index in [0.717, 1.165) is 12.6 Å². The van der Waals surface area contributed by atoms with Gasteiger partial charge in [0, 0.05) is 12.6 Å². The topological polar surface area (TPSA) is 32.5 Å². The van der Waals surface area contributed by atoms with Crippen molar-refractivity contribution in [2.45, 2.75) is 39.2 Å². The third kappa shape index (κ3) is 4.40. The Morgan fingerprint density at radius 2 is 2.12 bits per heavy atom. The van der Waals surface area contributed by atoms with Gasteiger partial charge >= 0.3 is 0 Å². The van der Waals surface area contributed by atoms with E-state index in [9.17, 15) is 0 Å². The van der Waals surface area contributed by atoms with Gasteiger partial charge in [-0.25, -0.2) is 0 Å². The molecule has 0 amide bonds. The average Bonchev–Trinajstić information content (AvgIpc) is 2.26. The molecule has 1 aliphatic rings. The standard InChI is InChI=1S/C13H29N3/c1-13(2,11-14)7-9-16(4)12-6-5-8-15(3)10-12/h12H,5-11,14H2,1-4H3. The van der Waals surface area contributed by atoms with Crippen molar-refractivity contribution in [1.29, 1.82) is 0 Å². The van der Waals surface area contributed by atoms with Gasteiger partial charge in [-0.3, -0.25) is 0 Å². The lowest BCUT2D eigenvalue weighted by atomic mass is 9.89. The molecular weight excluding hydrogens is 198 g/mol.